The standard InChI is InChI=1S/C10H22N2O3/c1-4-12-10(13)5-6-11-7-9(15-3)8-14-2/h9,11H,4-8H2,1-3H3,(H,12,13). The second-order valence-corrected chi connectivity index (χ2v) is 3.22. The third-order valence-corrected chi connectivity index (χ3v) is 1.96. The Bertz CT molecular complexity index is 165. The molecule has 0 spiro atoms. The van der Waals surface area contributed by atoms with Crippen molar-refractivity contribution in [3.8, 4) is 0 Å². The molecule has 0 bridgehead atoms. The fourth-order valence-corrected chi connectivity index (χ4v) is 1.15. The van der Waals surface area contributed by atoms with Crippen molar-refractivity contribution in [1.29, 1.82) is 0 Å². The number of hydrogen-bond donors (Lipinski definition) is 2. The van der Waals surface area contributed by atoms with Gasteiger partial charge in [0.15, 0.2) is 0 Å². The average molecular weight is 218 g/mol. The maximum absolute atomic E-state index is 11.1. The van der Waals surface area contributed by atoms with Crippen LogP contribution in [0.4, 0.5) is 0 Å². The lowest BCUT2D eigenvalue weighted by Crippen LogP contribution is -2.34. The van der Waals surface area contributed by atoms with E-state index in [0.717, 1.165) is 0 Å². The van der Waals surface area contributed by atoms with Gasteiger partial charge in [0.1, 0.15) is 0 Å². The molecule has 0 aromatic rings. The zero-order chi connectivity index (χ0) is 11.5. The molecule has 2 N–H and O–H groups in total. The molecule has 5 nitrogen and oxygen atoms in total. The van der Waals surface area contributed by atoms with Crippen molar-refractivity contribution in [2.24, 2.45) is 0 Å². The van der Waals surface area contributed by atoms with Crippen LogP contribution in [0.3, 0.4) is 0 Å². The summed E-state index contributed by atoms with van der Waals surface area (Å²) < 4.78 is 10.1. The Balaban J connectivity index is 3.39. The van der Waals surface area contributed by atoms with Crippen LogP contribution in [-0.2, 0) is 14.3 Å². The van der Waals surface area contributed by atoms with Crippen molar-refractivity contribution >= 4 is 5.91 Å². The molecule has 0 saturated carbocycles. The Morgan fingerprint density at radius 1 is 1.40 bits per heavy atom. The highest BCUT2D eigenvalue weighted by Gasteiger charge is 2.06. The van der Waals surface area contributed by atoms with Gasteiger partial charge in [-0.2, -0.15) is 0 Å². The van der Waals surface area contributed by atoms with E-state index in [4.69, 9.17) is 9.47 Å². The van der Waals surface area contributed by atoms with Crippen LogP contribution in [-0.4, -0.2) is 52.5 Å². The van der Waals surface area contributed by atoms with Gasteiger partial charge in [-0.25, -0.2) is 0 Å². The smallest absolute Gasteiger partial charge is 0.221 e. The number of carbonyl (C=O) groups is 1. The zero-order valence-electron chi connectivity index (χ0n) is 9.84. The van der Waals surface area contributed by atoms with Crippen molar-refractivity contribution in [1.82, 2.24) is 10.6 Å². The van der Waals surface area contributed by atoms with E-state index in [9.17, 15) is 4.79 Å². The lowest BCUT2D eigenvalue weighted by atomic mass is 10.3. The molecule has 5 heteroatoms. The van der Waals surface area contributed by atoms with Crippen LogP contribution in [0, 0.1) is 0 Å². The summed E-state index contributed by atoms with van der Waals surface area (Å²) in [5.74, 6) is 0.0747. The van der Waals surface area contributed by atoms with E-state index < -0.39 is 0 Å². The first-order valence-electron chi connectivity index (χ1n) is 5.23. The lowest BCUT2D eigenvalue weighted by Gasteiger charge is -2.14. The molecule has 0 aliphatic carbocycles. The van der Waals surface area contributed by atoms with Gasteiger partial charge in [0.25, 0.3) is 0 Å². The number of carbonyl (C=O) groups excluding carboxylic acids is 1. The Morgan fingerprint density at radius 3 is 2.67 bits per heavy atom. The van der Waals surface area contributed by atoms with Crippen LogP contribution in [0.1, 0.15) is 13.3 Å². The SMILES string of the molecule is CCNC(=O)CCNCC(COC)OC. The first-order chi connectivity index (χ1) is 7.24. The van der Waals surface area contributed by atoms with Crippen LogP contribution in [0.2, 0.25) is 0 Å². The molecule has 0 radical (unpaired) electrons. The van der Waals surface area contributed by atoms with Crippen LogP contribution >= 0.6 is 0 Å². The van der Waals surface area contributed by atoms with Gasteiger partial charge in [-0.1, -0.05) is 0 Å². The van der Waals surface area contributed by atoms with Gasteiger partial charge in [-0.3, -0.25) is 4.79 Å². The van der Waals surface area contributed by atoms with E-state index >= 15 is 0 Å². The molecule has 0 aliphatic heterocycles. The number of hydrogen-bond acceptors (Lipinski definition) is 4. The molecule has 0 heterocycles. The van der Waals surface area contributed by atoms with Crippen molar-refractivity contribution in [3.05, 3.63) is 0 Å². The first kappa shape index (κ1) is 14.3. The molecule has 0 aromatic heterocycles. The summed E-state index contributed by atoms with van der Waals surface area (Å²) >= 11 is 0. The number of ether oxygens (including phenoxy) is 2. The second-order valence-electron chi connectivity index (χ2n) is 3.22. The van der Waals surface area contributed by atoms with Gasteiger partial charge in [-0.05, 0) is 6.92 Å². The summed E-state index contributed by atoms with van der Waals surface area (Å²) in [6.07, 6.45) is 0.543. The lowest BCUT2D eigenvalue weighted by molar-refractivity contribution is -0.120. The monoisotopic (exact) mass is 218 g/mol. The number of amides is 1. The minimum Gasteiger partial charge on any atom is -0.382 e. The van der Waals surface area contributed by atoms with Gasteiger partial charge in [0.05, 0.1) is 12.7 Å². The third-order valence-electron chi connectivity index (χ3n) is 1.96. The summed E-state index contributed by atoms with van der Waals surface area (Å²) in [5, 5.41) is 5.88. The maximum Gasteiger partial charge on any atom is 0.221 e. The van der Waals surface area contributed by atoms with E-state index in [-0.39, 0.29) is 12.0 Å². The largest absolute Gasteiger partial charge is 0.382 e. The molecule has 90 valence electrons. The molecular weight excluding hydrogens is 196 g/mol. The Labute approximate surface area is 91.5 Å². The van der Waals surface area contributed by atoms with Gasteiger partial charge < -0.3 is 20.1 Å². The quantitative estimate of drug-likeness (QED) is 0.525. The molecule has 0 aliphatic rings. The van der Waals surface area contributed by atoms with Crippen LogP contribution in [0.25, 0.3) is 0 Å². The first-order valence-corrected chi connectivity index (χ1v) is 5.23. The Hall–Kier alpha value is -0.650. The minimum atomic E-state index is 0.0456. The summed E-state index contributed by atoms with van der Waals surface area (Å²) in [4.78, 5) is 11.1. The third kappa shape index (κ3) is 8.35. The molecule has 1 amide bonds. The normalized spacial score (nSPS) is 12.5. The van der Waals surface area contributed by atoms with Gasteiger partial charge >= 0.3 is 0 Å². The fourth-order valence-electron chi connectivity index (χ4n) is 1.15. The average Bonchev–Trinajstić information content (AvgIpc) is 2.23. The maximum atomic E-state index is 11.1. The molecule has 15 heavy (non-hydrogen) atoms. The van der Waals surface area contributed by atoms with Crippen molar-refractivity contribution in [3.63, 3.8) is 0 Å². The molecule has 0 saturated heterocycles. The highest BCUT2D eigenvalue weighted by molar-refractivity contribution is 5.75. The van der Waals surface area contributed by atoms with E-state index in [1.54, 1.807) is 14.2 Å². The van der Waals surface area contributed by atoms with E-state index in [2.05, 4.69) is 10.6 Å². The minimum absolute atomic E-state index is 0.0456. The molecule has 0 fully saturated rings. The number of methoxy groups -OCH3 is 2. The molecule has 0 aromatic carbocycles. The van der Waals surface area contributed by atoms with E-state index in [0.29, 0.717) is 32.7 Å². The Kier molecular flexibility index (Phi) is 9.46. The predicted octanol–water partition coefficient (Wildman–Crippen LogP) is -0.236. The summed E-state index contributed by atoms with van der Waals surface area (Å²) in [6.45, 7) is 4.51. The van der Waals surface area contributed by atoms with E-state index in [1.165, 1.54) is 0 Å². The highest BCUT2D eigenvalue weighted by Crippen LogP contribution is 1.88. The van der Waals surface area contributed by atoms with Crippen LogP contribution in [0.5, 0.6) is 0 Å². The van der Waals surface area contributed by atoms with Crippen molar-refractivity contribution in [2.45, 2.75) is 19.4 Å². The molecule has 0 rings (SSSR count). The summed E-state index contributed by atoms with van der Waals surface area (Å²) in [6, 6.07) is 0. The van der Waals surface area contributed by atoms with Crippen molar-refractivity contribution < 1.29 is 14.3 Å². The number of nitrogens with one attached hydrogen (secondary N) is 2. The topological polar surface area (TPSA) is 59.6 Å². The number of rotatable bonds is 9. The van der Waals surface area contributed by atoms with Gasteiger partial charge in [-0.15, -0.1) is 0 Å². The van der Waals surface area contributed by atoms with E-state index in [1.807, 2.05) is 6.92 Å². The van der Waals surface area contributed by atoms with Gasteiger partial charge in [0.2, 0.25) is 5.91 Å². The molecule has 1 atom stereocenters. The van der Waals surface area contributed by atoms with Crippen molar-refractivity contribution in [2.75, 3.05) is 40.5 Å². The van der Waals surface area contributed by atoms with Gasteiger partial charge in [0, 0.05) is 40.3 Å². The second kappa shape index (κ2) is 9.89. The Morgan fingerprint density at radius 2 is 2.13 bits per heavy atom. The van der Waals surface area contributed by atoms with Crippen LogP contribution in [0.15, 0.2) is 0 Å². The predicted molar refractivity (Wildman–Crippen MR) is 58.8 cm³/mol. The summed E-state index contributed by atoms with van der Waals surface area (Å²) in [7, 11) is 3.29. The summed E-state index contributed by atoms with van der Waals surface area (Å²) in [5.41, 5.74) is 0. The van der Waals surface area contributed by atoms with Crippen LogP contribution < -0.4 is 10.6 Å². The molecular formula is C10H22N2O3. The fraction of sp³-hybridized carbons (Fsp3) is 0.900. The molecule has 1 unspecified atom stereocenters. The highest BCUT2D eigenvalue weighted by atomic mass is 16.5. The zero-order valence-corrected chi connectivity index (χ0v) is 9.84.